The molecule has 4 rings (SSSR count). The van der Waals surface area contributed by atoms with Gasteiger partial charge in [-0.15, -0.1) is 5.10 Å². The first-order chi connectivity index (χ1) is 14.3. The summed E-state index contributed by atoms with van der Waals surface area (Å²) >= 11 is 5.28. The van der Waals surface area contributed by atoms with Crippen LogP contribution in [-0.4, -0.2) is 44.9 Å². The molecule has 0 amide bonds. The molecule has 2 heterocycles. The first-order valence-corrected chi connectivity index (χ1v) is 10.2. The lowest BCUT2D eigenvalue weighted by atomic mass is 10.00. The number of hydrogen-bond donors (Lipinski definition) is 1. The van der Waals surface area contributed by atoms with Crippen LogP contribution in [0, 0.1) is 13.8 Å². The Labute approximate surface area is 181 Å². The Morgan fingerprint density at radius 1 is 1.07 bits per heavy atom. The first kappa shape index (κ1) is 20.0. The van der Waals surface area contributed by atoms with Crippen molar-refractivity contribution in [1.29, 1.82) is 0 Å². The van der Waals surface area contributed by atoms with Crippen molar-refractivity contribution in [3.8, 4) is 5.69 Å². The zero-order chi connectivity index (χ0) is 21.4. The van der Waals surface area contributed by atoms with Crippen molar-refractivity contribution in [2.45, 2.75) is 26.3 Å². The van der Waals surface area contributed by atoms with Crippen LogP contribution in [0.15, 0.2) is 53.6 Å². The average molecular weight is 420 g/mol. The van der Waals surface area contributed by atoms with E-state index in [0.29, 0.717) is 6.42 Å². The number of thiocarbonyl (C=S) groups is 1. The van der Waals surface area contributed by atoms with E-state index in [1.807, 2.05) is 37.8 Å². The van der Waals surface area contributed by atoms with Gasteiger partial charge in [0, 0.05) is 26.2 Å². The molecular formula is C22H25N7S. The molecule has 2 aromatic carbocycles. The summed E-state index contributed by atoms with van der Waals surface area (Å²) in [4.78, 5) is 2.07. The molecule has 0 saturated heterocycles. The molecule has 0 fully saturated rings. The minimum absolute atomic E-state index is 0.0577. The molecule has 1 aromatic heterocycles. The molecule has 0 spiro atoms. The molecule has 0 radical (unpaired) electrons. The fourth-order valence-electron chi connectivity index (χ4n) is 3.64. The lowest BCUT2D eigenvalue weighted by Crippen LogP contribution is -2.31. The van der Waals surface area contributed by atoms with Gasteiger partial charge < -0.3 is 10.6 Å². The molecule has 0 aliphatic carbocycles. The van der Waals surface area contributed by atoms with Crippen LogP contribution in [0.1, 0.15) is 35.0 Å². The summed E-state index contributed by atoms with van der Waals surface area (Å²) in [5.74, 6) is 0. The number of hydrogen-bond acceptors (Lipinski definition) is 5. The van der Waals surface area contributed by atoms with Gasteiger partial charge in [0.1, 0.15) is 5.69 Å². The Hall–Kier alpha value is -3.26. The summed E-state index contributed by atoms with van der Waals surface area (Å²) in [6.07, 6.45) is 0.659. The summed E-state index contributed by atoms with van der Waals surface area (Å²) in [5, 5.41) is 15.4. The molecule has 8 heteroatoms. The van der Waals surface area contributed by atoms with Crippen LogP contribution in [0.4, 0.5) is 5.69 Å². The van der Waals surface area contributed by atoms with Crippen LogP contribution in [0.25, 0.3) is 5.69 Å². The molecular weight excluding hydrogens is 394 g/mol. The predicted octanol–water partition coefficient (Wildman–Crippen LogP) is 3.34. The van der Waals surface area contributed by atoms with Crippen molar-refractivity contribution in [1.82, 2.24) is 20.0 Å². The quantitative estimate of drug-likeness (QED) is 0.654. The average Bonchev–Trinajstić information content (AvgIpc) is 3.33. The van der Waals surface area contributed by atoms with Gasteiger partial charge >= 0.3 is 0 Å². The summed E-state index contributed by atoms with van der Waals surface area (Å²) in [7, 11) is 4.04. The Bertz CT molecular complexity index is 1100. The summed E-state index contributed by atoms with van der Waals surface area (Å²) in [6, 6.07) is 16.5. The number of nitrogens with two attached hydrogens (primary N) is 1. The highest BCUT2D eigenvalue weighted by Gasteiger charge is 2.32. The molecule has 1 aliphatic heterocycles. The van der Waals surface area contributed by atoms with Gasteiger partial charge in [-0.1, -0.05) is 35.0 Å². The van der Waals surface area contributed by atoms with Crippen LogP contribution in [-0.2, 0) is 0 Å². The van der Waals surface area contributed by atoms with E-state index < -0.39 is 0 Å². The minimum atomic E-state index is -0.0577. The highest BCUT2D eigenvalue weighted by Crippen LogP contribution is 2.33. The summed E-state index contributed by atoms with van der Waals surface area (Å²) in [5.41, 5.74) is 12.9. The van der Waals surface area contributed by atoms with Crippen LogP contribution in [0.5, 0.6) is 0 Å². The normalized spacial score (nSPS) is 15.9. The molecule has 154 valence electrons. The largest absolute Gasteiger partial charge is 0.378 e. The maximum atomic E-state index is 5.99. The Balaban J connectivity index is 1.65. The summed E-state index contributed by atoms with van der Waals surface area (Å²) in [6.45, 7) is 4.06. The standard InChI is InChI=1S/C22H25N7S/c1-14-5-9-18(10-6-14)28-15(2)21(24-26-28)19-13-20(29(25-19)22(23)30)16-7-11-17(12-8-16)27(3)4/h5-12,20H,13H2,1-4H3,(H2,23,30)/t20-/m1/s1. The number of aryl methyl sites for hydroxylation is 1. The Morgan fingerprint density at radius 3 is 2.33 bits per heavy atom. The van der Waals surface area contributed by atoms with Gasteiger partial charge in [-0.05, 0) is 55.9 Å². The van der Waals surface area contributed by atoms with Gasteiger partial charge in [-0.2, -0.15) is 5.10 Å². The van der Waals surface area contributed by atoms with Gasteiger partial charge in [0.15, 0.2) is 5.11 Å². The maximum absolute atomic E-state index is 5.99. The molecule has 2 N–H and O–H groups in total. The fourth-order valence-corrected chi connectivity index (χ4v) is 3.81. The van der Waals surface area contributed by atoms with E-state index in [4.69, 9.17) is 23.1 Å². The number of nitrogens with zero attached hydrogens (tertiary/aromatic N) is 6. The Kier molecular flexibility index (Phi) is 5.26. The van der Waals surface area contributed by atoms with Gasteiger partial charge in [0.2, 0.25) is 0 Å². The third-order valence-electron chi connectivity index (χ3n) is 5.38. The van der Waals surface area contributed by atoms with Gasteiger partial charge in [0.25, 0.3) is 0 Å². The molecule has 7 nitrogen and oxygen atoms in total. The van der Waals surface area contributed by atoms with Crippen molar-refractivity contribution >= 4 is 28.7 Å². The second-order valence-corrected chi connectivity index (χ2v) is 8.12. The second kappa shape index (κ2) is 7.87. The highest BCUT2D eigenvalue weighted by atomic mass is 32.1. The number of hydrazone groups is 1. The van der Waals surface area contributed by atoms with Crippen LogP contribution >= 0.6 is 12.2 Å². The minimum Gasteiger partial charge on any atom is -0.378 e. The smallest absolute Gasteiger partial charge is 0.187 e. The second-order valence-electron chi connectivity index (χ2n) is 7.71. The Morgan fingerprint density at radius 2 is 1.73 bits per heavy atom. The fraction of sp³-hybridized carbons (Fsp3) is 0.273. The first-order valence-electron chi connectivity index (χ1n) is 9.78. The van der Waals surface area contributed by atoms with E-state index in [2.05, 4.69) is 58.5 Å². The van der Waals surface area contributed by atoms with E-state index >= 15 is 0 Å². The molecule has 3 aromatic rings. The number of anilines is 1. The van der Waals surface area contributed by atoms with Gasteiger partial charge in [0.05, 0.1) is 23.1 Å². The lowest BCUT2D eigenvalue weighted by Gasteiger charge is -2.22. The molecule has 0 unspecified atom stereocenters. The van der Waals surface area contributed by atoms with Crippen molar-refractivity contribution in [3.05, 3.63) is 71.0 Å². The molecule has 30 heavy (non-hydrogen) atoms. The molecule has 0 saturated carbocycles. The maximum Gasteiger partial charge on any atom is 0.187 e. The van der Waals surface area contributed by atoms with E-state index in [9.17, 15) is 0 Å². The SMILES string of the molecule is Cc1ccc(-n2nnc(C3=NN(C(N)=S)[C@@H](c4ccc(N(C)C)cc4)C3)c2C)cc1. The third-order valence-corrected chi connectivity index (χ3v) is 5.56. The molecule has 0 bridgehead atoms. The van der Waals surface area contributed by atoms with Crippen molar-refractivity contribution in [2.24, 2.45) is 10.8 Å². The van der Waals surface area contributed by atoms with Crippen LogP contribution < -0.4 is 10.6 Å². The topological polar surface area (TPSA) is 75.6 Å². The lowest BCUT2D eigenvalue weighted by molar-refractivity contribution is 0.373. The molecule has 1 aliphatic rings. The summed E-state index contributed by atoms with van der Waals surface area (Å²) < 4.78 is 1.83. The molecule has 1 atom stereocenters. The predicted molar refractivity (Wildman–Crippen MR) is 124 cm³/mol. The van der Waals surface area contributed by atoms with E-state index in [-0.39, 0.29) is 11.2 Å². The highest BCUT2D eigenvalue weighted by molar-refractivity contribution is 7.80. The van der Waals surface area contributed by atoms with Gasteiger partial charge in [-0.3, -0.25) is 0 Å². The van der Waals surface area contributed by atoms with E-state index in [1.165, 1.54) is 5.56 Å². The van der Waals surface area contributed by atoms with Crippen LogP contribution in [0.3, 0.4) is 0 Å². The van der Waals surface area contributed by atoms with Crippen LogP contribution in [0.2, 0.25) is 0 Å². The number of aromatic nitrogens is 3. The van der Waals surface area contributed by atoms with Crippen molar-refractivity contribution in [3.63, 3.8) is 0 Å². The van der Waals surface area contributed by atoms with Crippen molar-refractivity contribution < 1.29 is 0 Å². The zero-order valence-corrected chi connectivity index (χ0v) is 18.4. The zero-order valence-electron chi connectivity index (χ0n) is 17.6. The number of rotatable bonds is 4. The number of benzene rings is 2. The van der Waals surface area contributed by atoms with E-state index in [1.54, 1.807) is 5.01 Å². The van der Waals surface area contributed by atoms with Crippen molar-refractivity contribution in [2.75, 3.05) is 19.0 Å². The van der Waals surface area contributed by atoms with Gasteiger partial charge in [-0.25, -0.2) is 9.69 Å². The van der Waals surface area contributed by atoms with E-state index in [0.717, 1.165) is 34.0 Å². The third kappa shape index (κ3) is 3.66. The monoisotopic (exact) mass is 419 g/mol.